The van der Waals surface area contributed by atoms with E-state index in [1.165, 1.54) is 44.2 Å². The number of hydrogen-bond acceptors (Lipinski definition) is 8. The van der Waals surface area contributed by atoms with Gasteiger partial charge in [-0.05, 0) is 18.2 Å². The normalized spacial score (nSPS) is 10.6. The lowest BCUT2D eigenvalue weighted by Crippen LogP contribution is -2.16. The number of nitrogens with zero attached hydrogens (tertiary/aromatic N) is 3. The van der Waals surface area contributed by atoms with E-state index in [2.05, 4.69) is 22.1 Å². The van der Waals surface area contributed by atoms with Gasteiger partial charge in [-0.3, -0.25) is 4.79 Å². The van der Waals surface area contributed by atoms with Gasteiger partial charge in [0.05, 0.1) is 31.1 Å². The number of thioether (sulfide) groups is 1. The summed E-state index contributed by atoms with van der Waals surface area (Å²) < 4.78 is 11.3. The van der Waals surface area contributed by atoms with Gasteiger partial charge < -0.3 is 19.4 Å². The Kier molecular flexibility index (Phi) is 8.16. The third-order valence-corrected chi connectivity index (χ3v) is 4.93. The van der Waals surface area contributed by atoms with Crippen LogP contribution in [-0.4, -0.2) is 52.6 Å². The minimum Gasteiger partial charge on any atom is -0.465 e. The molecule has 9 nitrogen and oxygen atoms in total. The fourth-order valence-electron chi connectivity index (χ4n) is 2.63. The quantitative estimate of drug-likeness (QED) is 0.366. The van der Waals surface area contributed by atoms with Crippen molar-refractivity contribution in [1.82, 2.24) is 14.8 Å². The van der Waals surface area contributed by atoms with Crippen LogP contribution in [0.5, 0.6) is 0 Å². The molecule has 0 saturated carbocycles. The van der Waals surface area contributed by atoms with Gasteiger partial charge in [0.1, 0.15) is 5.82 Å². The number of aromatic nitrogens is 3. The summed E-state index contributed by atoms with van der Waals surface area (Å²) in [6.07, 6.45) is 1.74. The summed E-state index contributed by atoms with van der Waals surface area (Å²) in [6.45, 7) is 8.31. The predicted molar refractivity (Wildman–Crippen MR) is 113 cm³/mol. The number of esters is 2. The minimum absolute atomic E-state index is 0.0589. The number of rotatable bonds is 9. The molecule has 1 N–H and O–H groups in total. The van der Waals surface area contributed by atoms with Gasteiger partial charge in [0.15, 0.2) is 5.16 Å². The number of hydrogen-bond donors (Lipinski definition) is 1. The second kappa shape index (κ2) is 10.6. The Bertz CT molecular complexity index is 920. The van der Waals surface area contributed by atoms with Gasteiger partial charge in [-0.15, -0.1) is 16.8 Å². The third-order valence-electron chi connectivity index (χ3n) is 3.96. The van der Waals surface area contributed by atoms with Crippen molar-refractivity contribution < 1.29 is 23.9 Å². The van der Waals surface area contributed by atoms with Gasteiger partial charge in [0.2, 0.25) is 5.91 Å². The van der Waals surface area contributed by atoms with Crippen LogP contribution in [0.3, 0.4) is 0 Å². The topological polar surface area (TPSA) is 112 Å². The molecule has 1 heterocycles. The Morgan fingerprint density at radius 3 is 2.23 bits per heavy atom. The van der Waals surface area contributed by atoms with Crippen LogP contribution < -0.4 is 5.32 Å². The van der Waals surface area contributed by atoms with Crippen LogP contribution >= 0.6 is 11.8 Å². The zero-order chi connectivity index (χ0) is 22.3. The molecule has 0 aliphatic carbocycles. The Balaban J connectivity index is 2.16. The summed E-state index contributed by atoms with van der Waals surface area (Å²) in [5.41, 5.74) is 0.519. The lowest BCUT2D eigenvalue weighted by atomic mass is 10.1. The van der Waals surface area contributed by atoms with E-state index in [9.17, 15) is 14.4 Å². The molecule has 0 fully saturated rings. The molecule has 0 bridgehead atoms. The van der Waals surface area contributed by atoms with Crippen LogP contribution in [0.1, 0.15) is 46.3 Å². The molecule has 0 unspecified atom stereocenters. The van der Waals surface area contributed by atoms with Crippen LogP contribution in [0.2, 0.25) is 0 Å². The van der Waals surface area contributed by atoms with E-state index >= 15 is 0 Å². The standard InChI is InChI=1S/C20H24N4O5S/c1-6-7-24-17(12(2)3)22-23-20(24)30-11-16(25)21-15-9-13(18(26)28-4)8-14(10-15)19(27)29-5/h6,8-10,12H,1,7,11H2,2-5H3,(H,21,25). The van der Waals surface area contributed by atoms with Crippen molar-refractivity contribution in [2.75, 3.05) is 25.3 Å². The van der Waals surface area contributed by atoms with Crippen LogP contribution in [0.25, 0.3) is 0 Å². The molecule has 0 radical (unpaired) electrons. The van der Waals surface area contributed by atoms with Crippen molar-refractivity contribution in [2.45, 2.75) is 31.5 Å². The van der Waals surface area contributed by atoms with Crippen molar-refractivity contribution >= 4 is 35.3 Å². The maximum atomic E-state index is 12.5. The molecular formula is C20H24N4O5S. The number of carbonyl (C=O) groups excluding carboxylic acids is 3. The molecule has 160 valence electrons. The summed E-state index contributed by atoms with van der Waals surface area (Å²) in [4.78, 5) is 36.2. The highest BCUT2D eigenvalue weighted by atomic mass is 32.2. The average Bonchev–Trinajstić information content (AvgIpc) is 3.14. The van der Waals surface area contributed by atoms with E-state index < -0.39 is 11.9 Å². The first-order valence-electron chi connectivity index (χ1n) is 9.09. The molecule has 1 amide bonds. The van der Waals surface area contributed by atoms with Gasteiger partial charge in [-0.1, -0.05) is 31.7 Å². The summed E-state index contributed by atoms with van der Waals surface area (Å²) in [6, 6.07) is 4.20. The number of methoxy groups -OCH3 is 2. The molecule has 2 aromatic rings. The summed E-state index contributed by atoms with van der Waals surface area (Å²) in [5.74, 6) is -0.556. The zero-order valence-corrected chi connectivity index (χ0v) is 18.1. The Hall–Kier alpha value is -3.14. The van der Waals surface area contributed by atoms with Crippen LogP contribution in [0, 0.1) is 0 Å². The Morgan fingerprint density at radius 1 is 1.13 bits per heavy atom. The second-order valence-electron chi connectivity index (χ2n) is 6.51. The Labute approximate surface area is 178 Å². The van der Waals surface area contributed by atoms with Crippen molar-refractivity contribution in [1.29, 1.82) is 0 Å². The molecule has 1 aromatic carbocycles. The smallest absolute Gasteiger partial charge is 0.337 e. The molecule has 1 aromatic heterocycles. The van der Waals surface area contributed by atoms with Gasteiger partial charge in [0, 0.05) is 18.2 Å². The molecule has 0 spiro atoms. The molecular weight excluding hydrogens is 408 g/mol. The number of allylic oxidation sites excluding steroid dienone is 1. The lowest BCUT2D eigenvalue weighted by molar-refractivity contribution is -0.113. The van der Waals surface area contributed by atoms with Crippen LogP contribution in [0.15, 0.2) is 36.0 Å². The zero-order valence-electron chi connectivity index (χ0n) is 17.3. The highest BCUT2D eigenvalue weighted by Crippen LogP contribution is 2.22. The molecule has 2 rings (SSSR count). The fraction of sp³-hybridized carbons (Fsp3) is 0.350. The van der Waals surface area contributed by atoms with E-state index in [4.69, 9.17) is 9.47 Å². The molecule has 0 aliphatic rings. The number of nitrogens with one attached hydrogen (secondary N) is 1. The number of benzene rings is 1. The van der Waals surface area contributed by atoms with E-state index in [1.807, 2.05) is 18.4 Å². The first-order chi connectivity index (χ1) is 14.3. The summed E-state index contributed by atoms with van der Waals surface area (Å²) in [7, 11) is 2.46. The van der Waals surface area contributed by atoms with Gasteiger partial charge >= 0.3 is 11.9 Å². The lowest BCUT2D eigenvalue weighted by Gasteiger charge is -2.11. The SMILES string of the molecule is C=CCn1c(SCC(=O)Nc2cc(C(=O)OC)cc(C(=O)OC)c2)nnc1C(C)C. The highest BCUT2D eigenvalue weighted by molar-refractivity contribution is 7.99. The van der Waals surface area contributed by atoms with Gasteiger partial charge in [-0.2, -0.15) is 0 Å². The number of amides is 1. The minimum atomic E-state index is -0.635. The first kappa shape index (κ1) is 23.1. The predicted octanol–water partition coefficient (Wildman–Crippen LogP) is 2.89. The van der Waals surface area contributed by atoms with Crippen molar-refractivity contribution in [2.24, 2.45) is 0 Å². The van der Waals surface area contributed by atoms with E-state index in [0.29, 0.717) is 11.7 Å². The third kappa shape index (κ3) is 5.69. The van der Waals surface area contributed by atoms with Gasteiger partial charge in [0.25, 0.3) is 0 Å². The molecule has 0 atom stereocenters. The first-order valence-corrected chi connectivity index (χ1v) is 10.1. The molecule has 10 heteroatoms. The molecule has 0 saturated heterocycles. The van der Waals surface area contributed by atoms with Crippen molar-refractivity contribution in [3.8, 4) is 0 Å². The largest absolute Gasteiger partial charge is 0.465 e. The number of ether oxygens (including phenoxy) is 2. The number of carbonyl (C=O) groups is 3. The monoisotopic (exact) mass is 432 g/mol. The van der Waals surface area contributed by atoms with Crippen LogP contribution in [-0.2, 0) is 20.8 Å². The summed E-state index contributed by atoms with van der Waals surface area (Å²) >= 11 is 1.23. The average molecular weight is 433 g/mol. The second-order valence-corrected chi connectivity index (χ2v) is 7.46. The highest BCUT2D eigenvalue weighted by Gasteiger charge is 2.17. The van der Waals surface area contributed by atoms with Gasteiger partial charge in [-0.25, -0.2) is 9.59 Å². The maximum absolute atomic E-state index is 12.5. The number of anilines is 1. The molecule has 0 aliphatic heterocycles. The van der Waals surface area contributed by atoms with Crippen molar-refractivity contribution in [3.63, 3.8) is 0 Å². The van der Waals surface area contributed by atoms with E-state index in [1.54, 1.807) is 6.08 Å². The van der Waals surface area contributed by atoms with Crippen LogP contribution in [0.4, 0.5) is 5.69 Å². The fourth-order valence-corrected chi connectivity index (χ4v) is 3.39. The van der Waals surface area contributed by atoms with E-state index in [0.717, 1.165) is 5.82 Å². The Morgan fingerprint density at radius 2 is 1.73 bits per heavy atom. The summed E-state index contributed by atoms with van der Waals surface area (Å²) in [5, 5.41) is 11.6. The maximum Gasteiger partial charge on any atom is 0.337 e. The molecule has 30 heavy (non-hydrogen) atoms. The van der Waals surface area contributed by atoms with E-state index in [-0.39, 0.29) is 34.4 Å². The van der Waals surface area contributed by atoms with Crippen molar-refractivity contribution in [3.05, 3.63) is 47.8 Å².